The highest BCUT2D eigenvalue weighted by atomic mass is 16.3. The predicted octanol–water partition coefficient (Wildman–Crippen LogP) is 12.7. The normalized spacial score (nSPS) is 14.3. The standard InChI is InChI=1S/C48H93NO5/c1-3-5-7-9-11-13-14-15-16-17-18-19-20-21-22-23-24-25-26-27-28-29-30-31-32-33-34-36-38-40-42-46(52)48(54)49-44(43-50)47(53)45(51)41-39-37-35-12-10-8-6-4-2/h12,21-22,35,44-47,50-53H,3-11,13-20,23-34,36-43H2,1-2H3,(H,49,54)/b22-21-,35-12+. The Morgan fingerprint density at radius 1 is 0.444 bits per heavy atom. The molecule has 0 rings (SSSR count). The molecule has 4 atom stereocenters. The van der Waals surface area contributed by atoms with Crippen LogP contribution in [0, 0.1) is 0 Å². The third-order valence-electron chi connectivity index (χ3n) is 11.1. The molecule has 0 heterocycles. The highest BCUT2D eigenvalue weighted by Crippen LogP contribution is 2.16. The van der Waals surface area contributed by atoms with Crippen LogP contribution >= 0.6 is 0 Å². The summed E-state index contributed by atoms with van der Waals surface area (Å²) in [6, 6.07) is -0.997. The second-order valence-electron chi connectivity index (χ2n) is 16.4. The Hall–Kier alpha value is -1.21. The minimum absolute atomic E-state index is 0.365. The van der Waals surface area contributed by atoms with Crippen molar-refractivity contribution in [3.8, 4) is 0 Å². The molecule has 5 N–H and O–H groups in total. The molecule has 4 unspecified atom stereocenters. The van der Waals surface area contributed by atoms with Crippen molar-refractivity contribution < 1.29 is 25.2 Å². The number of carbonyl (C=O) groups is 1. The fraction of sp³-hybridized carbons (Fsp3) is 0.896. The molecule has 320 valence electrons. The quantitative estimate of drug-likeness (QED) is 0.0314. The molecule has 0 aromatic rings. The topological polar surface area (TPSA) is 110 Å². The molecule has 0 aromatic heterocycles. The van der Waals surface area contributed by atoms with Crippen molar-refractivity contribution in [1.82, 2.24) is 5.32 Å². The fourth-order valence-electron chi connectivity index (χ4n) is 7.34. The van der Waals surface area contributed by atoms with Crippen LogP contribution in [0.1, 0.15) is 245 Å². The van der Waals surface area contributed by atoms with E-state index in [1.165, 1.54) is 180 Å². The molecule has 0 bridgehead atoms. The average Bonchev–Trinajstić information content (AvgIpc) is 3.18. The van der Waals surface area contributed by atoms with Gasteiger partial charge in [-0.15, -0.1) is 0 Å². The number of rotatable bonds is 43. The van der Waals surface area contributed by atoms with Crippen molar-refractivity contribution in [3.63, 3.8) is 0 Å². The molecule has 1 amide bonds. The average molecular weight is 764 g/mol. The van der Waals surface area contributed by atoms with Crippen molar-refractivity contribution in [3.05, 3.63) is 24.3 Å². The molecule has 6 heteroatoms. The first-order valence-electron chi connectivity index (χ1n) is 23.7. The molecule has 0 saturated heterocycles. The van der Waals surface area contributed by atoms with Gasteiger partial charge in [0.05, 0.1) is 18.8 Å². The van der Waals surface area contributed by atoms with Gasteiger partial charge in [0, 0.05) is 0 Å². The summed E-state index contributed by atoms with van der Waals surface area (Å²) < 4.78 is 0. The summed E-state index contributed by atoms with van der Waals surface area (Å²) in [6.45, 7) is 3.98. The van der Waals surface area contributed by atoms with E-state index in [1.54, 1.807) is 0 Å². The van der Waals surface area contributed by atoms with E-state index in [2.05, 4.69) is 43.5 Å². The third-order valence-corrected chi connectivity index (χ3v) is 11.1. The van der Waals surface area contributed by atoms with Gasteiger partial charge in [0.15, 0.2) is 0 Å². The lowest BCUT2D eigenvalue weighted by Crippen LogP contribution is -2.53. The second-order valence-corrected chi connectivity index (χ2v) is 16.4. The zero-order valence-corrected chi connectivity index (χ0v) is 36.0. The second kappa shape index (κ2) is 42.9. The van der Waals surface area contributed by atoms with Crippen LogP contribution in [0.3, 0.4) is 0 Å². The summed E-state index contributed by atoms with van der Waals surface area (Å²) in [5.41, 5.74) is 0. The molecule has 0 saturated carbocycles. The van der Waals surface area contributed by atoms with Crippen LogP contribution in [0.15, 0.2) is 24.3 Å². The molecule has 0 aliphatic rings. The Bertz CT molecular complexity index is 817. The number of unbranched alkanes of at least 4 members (excludes halogenated alkanes) is 30. The predicted molar refractivity (Wildman–Crippen MR) is 233 cm³/mol. The largest absolute Gasteiger partial charge is 0.394 e. The summed E-state index contributed by atoms with van der Waals surface area (Å²) in [4.78, 5) is 12.5. The lowest BCUT2D eigenvalue weighted by atomic mass is 10.00. The van der Waals surface area contributed by atoms with E-state index >= 15 is 0 Å². The Morgan fingerprint density at radius 3 is 1.15 bits per heavy atom. The molecule has 0 aliphatic heterocycles. The highest BCUT2D eigenvalue weighted by molar-refractivity contribution is 5.80. The number of amides is 1. The Morgan fingerprint density at radius 2 is 0.759 bits per heavy atom. The van der Waals surface area contributed by atoms with E-state index in [0.29, 0.717) is 12.8 Å². The Balaban J connectivity index is 3.55. The summed E-state index contributed by atoms with van der Waals surface area (Å²) in [5, 5.41) is 43.4. The van der Waals surface area contributed by atoms with Crippen molar-refractivity contribution in [1.29, 1.82) is 0 Å². The van der Waals surface area contributed by atoms with E-state index in [1.807, 2.05) is 0 Å². The number of aliphatic hydroxyl groups excluding tert-OH is 4. The lowest BCUT2D eigenvalue weighted by Gasteiger charge is -2.27. The van der Waals surface area contributed by atoms with Crippen LogP contribution < -0.4 is 5.32 Å². The summed E-state index contributed by atoms with van der Waals surface area (Å²) >= 11 is 0. The zero-order chi connectivity index (χ0) is 39.6. The third kappa shape index (κ3) is 36.4. The van der Waals surface area contributed by atoms with Gasteiger partial charge in [-0.2, -0.15) is 0 Å². The lowest BCUT2D eigenvalue weighted by molar-refractivity contribution is -0.132. The molecular weight excluding hydrogens is 671 g/mol. The molecular formula is C48H93NO5. The summed E-state index contributed by atoms with van der Waals surface area (Å²) in [5.74, 6) is -0.595. The van der Waals surface area contributed by atoms with E-state index in [4.69, 9.17) is 0 Å². The van der Waals surface area contributed by atoms with Crippen LogP contribution in [-0.4, -0.2) is 57.3 Å². The van der Waals surface area contributed by atoms with Crippen molar-refractivity contribution >= 4 is 5.91 Å². The number of aliphatic hydroxyl groups is 4. The van der Waals surface area contributed by atoms with Gasteiger partial charge in [-0.25, -0.2) is 0 Å². The van der Waals surface area contributed by atoms with Gasteiger partial charge in [-0.3, -0.25) is 4.79 Å². The fourth-order valence-corrected chi connectivity index (χ4v) is 7.34. The van der Waals surface area contributed by atoms with Gasteiger partial charge in [0.25, 0.3) is 0 Å². The van der Waals surface area contributed by atoms with Crippen molar-refractivity contribution in [2.45, 2.75) is 269 Å². The highest BCUT2D eigenvalue weighted by Gasteiger charge is 2.28. The van der Waals surface area contributed by atoms with Crippen LogP contribution in [-0.2, 0) is 4.79 Å². The first-order chi connectivity index (χ1) is 26.5. The monoisotopic (exact) mass is 764 g/mol. The van der Waals surface area contributed by atoms with Crippen LogP contribution in [0.2, 0.25) is 0 Å². The van der Waals surface area contributed by atoms with Gasteiger partial charge in [-0.1, -0.05) is 205 Å². The molecule has 0 spiro atoms. The van der Waals surface area contributed by atoms with Gasteiger partial charge in [-0.05, 0) is 64.2 Å². The van der Waals surface area contributed by atoms with E-state index < -0.39 is 36.9 Å². The van der Waals surface area contributed by atoms with Crippen LogP contribution in [0.25, 0.3) is 0 Å². The van der Waals surface area contributed by atoms with Crippen LogP contribution in [0.4, 0.5) is 0 Å². The van der Waals surface area contributed by atoms with Gasteiger partial charge < -0.3 is 25.7 Å². The number of nitrogens with one attached hydrogen (secondary N) is 1. The van der Waals surface area contributed by atoms with E-state index in [0.717, 1.165) is 38.5 Å². The van der Waals surface area contributed by atoms with E-state index in [-0.39, 0.29) is 0 Å². The van der Waals surface area contributed by atoms with Gasteiger partial charge in [0.2, 0.25) is 5.91 Å². The molecule has 54 heavy (non-hydrogen) atoms. The zero-order valence-electron chi connectivity index (χ0n) is 36.0. The number of hydrogen-bond donors (Lipinski definition) is 5. The van der Waals surface area contributed by atoms with Gasteiger partial charge >= 0.3 is 0 Å². The molecule has 0 radical (unpaired) electrons. The molecule has 0 aliphatic carbocycles. The number of hydrogen-bond acceptors (Lipinski definition) is 5. The first-order valence-corrected chi connectivity index (χ1v) is 23.7. The maximum absolute atomic E-state index is 12.5. The first kappa shape index (κ1) is 52.8. The molecule has 0 fully saturated rings. The minimum atomic E-state index is -1.28. The summed E-state index contributed by atoms with van der Waals surface area (Å²) in [6.07, 6.45) is 49.8. The van der Waals surface area contributed by atoms with E-state index in [9.17, 15) is 25.2 Å². The number of allylic oxidation sites excluding steroid dienone is 4. The maximum Gasteiger partial charge on any atom is 0.249 e. The maximum atomic E-state index is 12.5. The van der Waals surface area contributed by atoms with Crippen molar-refractivity contribution in [2.24, 2.45) is 0 Å². The number of carbonyl (C=O) groups excluding carboxylic acids is 1. The SMILES string of the molecule is CCCCC/C=C/CCCC(O)C(O)C(CO)NC(=O)C(O)CCCCCCCCCCCCCCCC/C=C\CCCCCCCCCCCCCC. The Labute approximate surface area is 335 Å². The molecule has 6 nitrogen and oxygen atoms in total. The van der Waals surface area contributed by atoms with Crippen molar-refractivity contribution in [2.75, 3.05) is 6.61 Å². The smallest absolute Gasteiger partial charge is 0.249 e. The Kier molecular flexibility index (Phi) is 42.0. The van der Waals surface area contributed by atoms with Crippen LogP contribution in [0.5, 0.6) is 0 Å². The summed E-state index contributed by atoms with van der Waals surface area (Å²) in [7, 11) is 0. The molecule has 0 aromatic carbocycles. The minimum Gasteiger partial charge on any atom is -0.394 e. The van der Waals surface area contributed by atoms with Gasteiger partial charge in [0.1, 0.15) is 12.2 Å².